The van der Waals surface area contributed by atoms with Gasteiger partial charge >= 0.3 is 12.0 Å². The van der Waals surface area contributed by atoms with E-state index in [1.807, 2.05) is 73.7 Å². The van der Waals surface area contributed by atoms with Gasteiger partial charge in [0.1, 0.15) is 6.04 Å². The Morgan fingerprint density at radius 2 is 1.68 bits per heavy atom. The smallest absolute Gasteiger partial charge is 0.326 e. The Morgan fingerprint density at radius 1 is 0.941 bits per heavy atom. The van der Waals surface area contributed by atoms with Gasteiger partial charge in [0.25, 0.3) is 0 Å². The summed E-state index contributed by atoms with van der Waals surface area (Å²) in [4.78, 5) is 39.4. The molecule has 8 heteroatoms. The van der Waals surface area contributed by atoms with Crippen molar-refractivity contribution < 1.29 is 19.5 Å². The Bertz CT molecular complexity index is 1350. The molecular formula is C26H26N4O4. The number of amides is 3. The standard InChI is InChI=1S/C26H26N4O4/c1-16(18-11-10-17-6-2-3-7-19(17)12-18)29-24(31)15-28-26(34)30-23(25(32)33)13-20-14-27-22-9-5-4-8-21(20)22/h2-12,14,16,23,27H,13,15H2,1H3,(H,29,31)(H,32,33)(H2,28,30,34). The molecule has 4 rings (SSSR count). The molecule has 0 spiro atoms. The highest BCUT2D eigenvalue weighted by Crippen LogP contribution is 2.20. The highest BCUT2D eigenvalue weighted by atomic mass is 16.4. The maximum atomic E-state index is 12.3. The van der Waals surface area contributed by atoms with E-state index in [1.165, 1.54) is 0 Å². The molecule has 0 fully saturated rings. The Hall–Kier alpha value is -4.33. The van der Waals surface area contributed by atoms with Crippen LogP contribution in [0.25, 0.3) is 21.7 Å². The molecular weight excluding hydrogens is 432 g/mol. The Labute approximate surface area is 196 Å². The van der Waals surface area contributed by atoms with Gasteiger partial charge in [0, 0.05) is 23.5 Å². The SMILES string of the molecule is CC(NC(=O)CNC(=O)NC(Cc1c[nH]c2ccccc12)C(=O)O)c1ccc2ccccc2c1. The van der Waals surface area contributed by atoms with Crippen molar-refractivity contribution in [2.75, 3.05) is 6.54 Å². The number of benzene rings is 3. The third-order valence-electron chi connectivity index (χ3n) is 5.76. The lowest BCUT2D eigenvalue weighted by Gasteiger charge is -2.17. The quantitative estimate of drug-likeness (QED) is 0.277. The summed E-state index contributed by atoms with van der Waals surface area (Å²) in [7, 11) is 0. The first-order valence-electron chi connectivity index (χ1n) is 11.0. The summed E-state index contributed by atoms with van der Waals surface area (Å²) in [6, 6.07) is 19.4. The van der Waals surface area contributed by atoms with Crippen LogP contribution >= 0.6 is 0 Å². The van der Waals surface area contributed by atoms with E-state index in [-0.39, 0.29) is 24.9 Å². The Balaban J connectivity index is 1.30. The van der Waals surface area contributed by atoms with Gasteiger partial charge in [0.05, 0.1) is 12.6 Å². The first-order chi connectivity index (χ1) is 16.4. The van der Waals surface area contributed by atoms with Crippen molar-refractivity contribution in [3.8, 4) is 0 Å². The number of H-pyrrole nitrogens is 1. The Morgan fingerprint density at radius 3 is 2.47 bits per heavy atom. The lowest BCUT2D eigenvalue weighted by atomic mass is 10.0. The van der Waals surface area contributed by atoms with Crippen LogP contribution in [0.2, 0.25) is 0 Å². The summed E-state index contributed by atoms with van der Waals surface area (Å²) in [6.45, 7) is 1.59. The van der Waals surface area contributed by atoms with Crippen molar-refractivity contribution >= 4 is 39.6 Å². The highest BCUT2D eigenvalue weighted by Gasteiger charge is 2.22. The first kappa shape index (κ1) is 22.8. The molecule has 3 aromatic carbocycles. The third kappa shape index (κ3) is 5.35. The maximum absolute atomic E-state index is 12.3. The minimum Gasteiger partial charge on any atom is -0.480 e. The second kappa shape index (κ2) is 10.1. The van der Waals surface area contributed by atoms with Crippen molar-refractivity contribution in [2.45, 2.75) is 25.4 Å². The number of carbonyl (C=O) groups is 3. The molecule has 2 unspecified atom stereocenters. The first-order valence-corrected chi connectivity index (χ1v) is 11.0. The van der Waals surface area contributed by atoms with Crippen LogP contribution in [0.1, 0.15) is 24.1 Å². The molecule has 8 nitrogen and oxygen atoms in total. The minimum atomic E-state index is -1.16. The van der Waals surface area contributed by atoms with Crippen LogP contribution in [0.3, 0.4) is 0 Å². The lowest BCUT2D eigenvalue weighted by Crippen LogP contribution is -2.49. The number of aromatic amines is 1. The van der Waals surface area contributed by atoms with Crippen LogP contribution in [0.15, 0.2) is 72.9 Å². The predicted molar refractivity (Wildman–Crippen MR) is 130 cm³/mol. The van der Waals surface area contributed by atoms with E-state index < -0.39 is 18.0 Å². The normalized spacial score (nSPS) is 12.7. The molecule has 2 atom stereocenters. The van der Waals surface area contributed by atoms with Crippen LogP contribution in [0.4, 0.5) is 4.79 Å². The average molecular weight is 459 g/mol. The summed E-state index contributed by atoms with van der Waals surface area (Å²) < 4.78 is 0. The summed E-state index contributed by atoms with van der Waals surface area (Å²) in [5, 5.41) is 20.4. The third-order valence-corrected chi connectivity index (χ3v) is 5.76. The number of hydrogen-bond donors (Lipinski definition) is 5. The molecule has 0 aliphatic rings. The second-order valence-corrected chi connectivity index (χ2v) is 8.18. The lowest BCUT2D eigenvalue weighted by molar-refractivity contribution is -0.139. The molecule has 0 saturated heterocycles. The van der Waals surface area contributed by atoms with Crippen LogP contribution in [-0.4, -0.2) is 40.6 Å². The molecule has 34 heavy (non-hydrogen) atoms. The molecule has 174 valence electrons. The molecule has 0 aliphatic carbocycles. The van der Waals surface area contributed by atoms with Gasteiger partial charge < -0.3 is 26.0 Å². The van der Waals surface area contributed by atoms with Crippen molar-refractivity contribution in [2.24, 2.45) is 0 Å². The fraction of sp³-hybridized carbons (Fsp3) is 0.192. The average Bonchev–Trinajstić information content (AvgIpc) is 3.24. The molecule has 0 bridgehead atoms. The van der Waals surface area contributed by atoms with Crippen molar-refractivity contribution in [3.63, 3.8) is 0 Å². The van der Waals surface area contributed by atoms with E-state index in [0.29, 0.717) is 0 Å². The number of carboxylic acid groups (broad SMARTS) is 1. The molecule has 0 saturated carbocycles. The second-order valence-electron chi connectivity index (χ2n) is 8.18. The molecule has 1 aromatic heterocycles. The number of nitrogens with one attached hydrogen (secondary N) is 4. The largest absolute Gasteiger partial charge is 0.480 e. The summed E-state index contributed by atoms with van der Waals surface area (Å²) in [6.07, 6.45) is 1.85. The summed E-state index contributed by atoms with van der Waals surface area (Å²) >= 11 is 0. The fourth-order valence-electron chi connectivity index (χ4n) is 3.94. The van der Waals surface area contributed by atoms with Crippen molar-refractivity contribution in [3.05, 3.63) is 84.1 Å². The van der Waals surface area contributed by atoms with E-state index in [1.54, 1.807) is 6.20 Å². The van der Waals surface area contributed by atoms with Crippen LogP contribution < -0.4 is 16.0 Å². The molecule has 0 aliphatic heterocycles. The number of carbonyl (C=O) groups excluding carboxylic acids is 2. The number of rotatable bonds is 8. The van der Waals surface area contributed by atoms with Gasteiger partial charge in [-0.1, -0.05) is 54.6 Å². The zero-order valence-electron chi connectivity index (χ0n) is 18.7. The van der Waals surface area contributed by atoms with Gasteiger partial charge in [0.2, 0.25) is 5.91 Å². The number of hydrogen-bond acceptors (Lipinski definition) is 3. The van der Waals surface area contributed by atoms with Crippen LogP contribution in [0.5, 0.6) is 0 Å². The van der Waals surface area contributed by atoms with E-state index in [4.69, 9.17) is 0 Å². The number of urea groups is 1. The summed E-state index contributed by atoms with van der Waals surface area (Å²) in [5.74, 6) is -1.53. The van der Waals surface area contributed by atoms with Gasteiger partial charge in [-0.3, -0.25) is 4.79 Å². The fourth-order valence-corrected chi connectivity index (χ4v) is 3.94. The van der Waals surface area contributed by atoms with Crippen molar-refractivity contribution in [1.82, 2.24) is 20.9 Å². The van der Waals surface area contributed by atoms with Crippen molar-refractivity contribution in [1.29, 1.82) is 0 Å². The van der Waals surface area contributed by atoms with Gasteiger partial charge in [-0.2, -0.15) is 0 Å². The van der Waals surface area contributed by atoms with Gasteiger partial charge in [-0.05, 0) is 41.0 Å². The van der Waals surface area contributed by atoms with E-state index >= 15 is 0 Å². The number of carboxylic acids is 1. The minimum absolute atomic E-state index is 0.109. The number of para-hydroxylation sites is 1. The van der Waals surface area contributed by atoms with Crippen LogP contribution in [0, 0.1) is 0 Å². The highest BCUT2D eigenvalue weighted by molar-refractivity contribution is 5.88. The number of aromatic nitrogens is 1. The maximum Gasteiger partial charge on any atom is 0.326 e. The Kier molecular flexibility index (Phi) is 6.77. The van der Waals surface area contributed by atoms with Crippen LogP contribution in [-0.2, 0) is 16.0 Å². The summed E-state index contributed by atoms with van der Waals surface area (Å²) in [5.41, 5.74) is 2.62. The molecule has 4 aromatic rings. The molecule has 3 amide bonds. The number of fused-ring (bicyclic) bond motifs is 2. The number of aliphatic carboxylic acids is 1. The van der Waals surface area contributed by atoms with E-state index in [0.717, 1.165) is 32.8 Å². The van der Waals surface area contributed by atoms with Gasteiger partial charge in [-0.15, -0.1) is 0 Å². The van der Waals surface area contributed by atoms with E-state index in [2.05, 4.69) is 20.9 Å². The zero-order chi connectivity index (χ0) is 24.1. The van der Waals surface area contributed by atoms with E-state index in [9.17, 15) is 19.5 Å². The van der Waals surface area contributed by atoms with Gasteiger partial charge in [0.15, 0.2) is 0 Å². The molecule has 1 heterocycles. The van der Waals surface area contributed by atoms with Gasteiger partial charge in [-0.25, -0.2) is 9.59 Å². The topological polar surface area (TPSA) is 123 Å². The monoisotopic (exact) mass is 458 g/mol. The predicted octanol–water partition coefficient (Wildman–Crippen LogP) is 3.49. The zero-order valence-corrected chi connectivity index (χ0v) is 18.7. The molecule has 5 N–H and O–H groups in total. The molecule has 0 radical (unpaired) electrons.